The third-order valence-corrected chi connectivity index (χ3v) is 9.92. The normalized spacial score (nSPS) is 36.4. The van der Waals surface area contributed by atoms with E-state index in [9.17, 15) is 13.2 Å². The molecule has 30 heavy (non-hydrogen) atoms. The minimum atomic E-state index is -4.35. The van der Waals surface area contributed by atoms with E-state index in [2.05, 4.69) is 33.1 Å². The first-order chi connectivity index (χ1) is 14.2. The van der Waals surface area contributed by atoms with Crippen LogP contribution in [0.2, 0.25) is 0 Å². The molecule has 5 nitrogen and oxygen atoms in total. The predicted molar refractivity (Wildman–Crippen MR) is 113 cm³/mol. The summed E-state index contributed by atoms with van der Waals surface area (Å²) in [6, 6.07) is 2.58. The summed E-state index contributed by atoms with van der Waals surface area (Å²) >= 11 is 1.90. The fourth-order valence-corrected chi connectivity index (χ4v) is 8.17. The highest BCUT2D eigenvalue weighted by atomic mass is 32.2. The molecular weight excluding hydrogens is 411 g/mol. The lowest BCUT2D eigenvalue weighted by atomic mass is 9.55. The molecule has 3 aliphatic carbocycles. The van der Waals surface area contributed by atoms with Crippen LogP contribution in [0.15, 0.2) is 23.4 Å². The Balaban J connectivity index is 1.19. The Bertz CT molecular complexity index is 862. The van der Waals surface area contributed by atoms with Crippen LogP contribution in [0.1, 0.15) is 38.7 Å². The van der Waals surface area contributed by atoms with E-state index >= 15 is 0 Å². The Labute approximate surface area is 179 Å². The molecule has 1 aliphatic heterocycles. The van der Waals surface area contributed by atoms with Gasteiger partial charge in [0.2, 0.25) is 0 Å². The van der Waals surface area contributed by atoms with Crippen molar-refractivity contribution in [2.75, 3.05) is 36.8 Å². The van der Waals surface area contributed by atoms with Crippen molar-refractivity contribution >= 4 is 23.5 Å². The first-order valence-electron chi connectivity index (χ1n) is 10.6. The Morgan fingerprint density at radius 3 is 2.47 bits per heavy atom. The number of hydrogen-bond donors (Lipinski definition) is 1. The van der Waals surface area contributed by atoms with Crippen LogP contribution < -0.4 is 10.7 Å². The van der Waals surface area contributed by atoms with Gasteiger partial charge >= 0.3 is 6.18 Å². The molecule has 164 valence electrons. The van der Waals surface area contributed by atoms with Gasteiger partial charge in [0.15, 0.2) is 0 Å². The third-order valence-electron chi connectivity index (χ3n) is 8.57. The second kappa shape index (κ2) is 6.51. The van der Waals surface area contributed by atoms with Gasteiger partial charge in [-0.1, -0.05) is 25.8 Å². The van der Waals surface area contributed by atoms with Crippen LogP contribution in [-0.4, -0.2) is 46.9 Å². The Morgan fingerprint density at radius 1 is 1.20 bits per heavy atom. The maximum absolute atomic E-state index is 12.7. The van der Waals surface area contributed by atoms with Crippen molar-refractivity contribution in [3.05, 3.63) is 23.9 Å². The Hall–Kier alpha value is -1.48. The molecule has 1 aromatic heterocycles. The number of nitrogens with zero attached hydrogens (tertiary/aromatic N) is 4. The van der Waals surface area contributed by atoms with Gasteiger partial charge in [0.1, 0.15) is 5.82 Å². The van der Waals surface area contributed by atoms with E-state index in [1.165, 1.54) is 24.6 Å². The lowest BCUT2D eigenvalue weighted by Crippen LogP contribution is -2.52. The molecular formula is C21H28F3N5S. The van der Waals surface area contributed by atoms with Crippen molar-refractivity contribution in [2.45, 2.75) is 39.3 Å². The lowest BCUT2D eigenvalue weighted by Gasteiger charge is -2.52. The van der Waals surface area contributed by atoms with Crippen LogP contribution in [0.3, 0.4) is 0 Å². The van der Waals surface area contributed by atoms with Crippen LogP contribution in [0, 0.1) is 22.2 Å². The molecule has 0 aromatic carbocycles. The molecule has 0 bridgehead atoms. The summed E-state index contributed by atoms with van der Waals surface area (Å²) in [5.41, 5.74) is 1.47. The monoisotopic (exact) mass is 439 g/mol. The number of anilines is 1. The number of hydrazone groups is 1. The van der Waals surface area contributed by atoms with Crippen LogP contribution >= 0.6 is 11.9 Å². The molecule has 4 aliphatic rings. The number of rotatable bonds is 4. The van der Waals surface area contributed by atoms with Gasteiger partial charge in [-0.3, -0.25) is 0 Å². The maximum Gasteiger partial charge on any atom is 0.417 e. The number of aromatic nitrogens is 1. The quantitative estimate of drug-likeness (QED) is 0.436. The molecule has 3 saturated carbocycles. The van der Waals surface area contributed by atoms with Crippen LogP contribution in [0.25, 0.3) is 0 Å². The molecule has 1 aromatic rings. The number of hydrogen-bond acceptors (Lipinski definition) is 6. The molecule has 9 heteroatoms. The SMILES string of the molecule is CC1(C)C2C/C(=N\N)C3(CSN4CCN(c5ccc(C(F)(F)F)cn5)CC4)CCC231. The molecule has 5 rings (SSSR count). The van der Waals surface area contributed by atoms with Gasteiger partial charge in [-0.2, -0.15) is 18.3 Å². The van der Waals surface area contributed by atoms with Crippen LogP contribution in [-0.2, 0) is 6.18 Å². The van der Waals surface area contributed by atoms with Gasteiger partial charge in [-0.25, -0.2) is 9.29 Å². The molecule has 1 saturated heterocycles. The van der Waals surface area contributed by atoms with Gasteiger partial charge in [0.25, 0.3) is 0 Å². The average Bonchev–Trinajstić information content (AvgIpc) is 3.14. The zero-order valence-corrected chi connectivity index (χ0v) is 18.2. The minimum Gasteiger partial charge on any atom is -0.354 e. The third kappa shape index (κ3) is 2.60. The summed E-state index contributed by atoms with van der Waals surface area (Å²) in [5, 5.41) is 4.21. The van der Waals surface area contributed by atoms with Gasteiger partial charge < -0.3 is 10.7 Å². The molecule has 3 unspecified atom stereocenters. The molecule has 0 radical (unpaired) electrons. The van der Waals surface area contributed by atoms with Gasteiger partial charge in [0.05, 0.1) is 5.56 Å². The molecule has 4 fully saturated rings. The smallest absolute Gasteiger partial charge is 0.354 e. The van der Waals surface area contributed by atoms with Crippen molar-refractivity contribution in [2.24, 2.45) is 33.1 Å². The van der Waals surface area contributed by atoms with Gasteiger partial charge in [-0.05, 0) is 48.1 Å². The van der Waals surface area contributed by atoms with Crippen LogP contribution in [0.5, 0.6) is 0 Å². The molecule has 1 spiro atoms. The first kappa shape index (κ1) is 20.4. The fourth-order valence-electron chi connectivity index (χ4n) is 6.78. The second-order valence-electron chi connectivity index (χ2n) is 9.70. The lowest BCUT2D eigenvalue weighted by molar-refractivity contribution is -0.137. The number of pyridine rings is 1. The van der Waals surface area contributed by atoms with Crippen molar-refractivity contribution in [3.8, 4) is 0 Å². The Kier molecular flexibility index (Phi) is 4.43. The van der Waals surface area contributed by atoms with Crippen LogP contribution in [0.4, 0.5) is 19.0 Å². The highest BCUT2D eigenvalue weighted by Gasteiger charge is 2.87. The van der Waals surface area contributed by atoms with E-state index < -0.39 is 11.7 Å². The Morgan fingerprint density at radius 2 is 1.93 bits per heavy atom. The number of piperazine rings is 1. The van der Waals surface area contributed by atoms with E-state index in [4.69, 9.17) is 5.84 Å². The average molecular weight is 440 g/mol. The van der Waals surface area contributed by atoms with Crippen molar-refractivity contribution in [3.63, 3.8) is 0 Å². The maximum atomic E-state index is 12.7. The molecule has 3 atom stereocenters. The van der Waals surface area contributed by atoms with Crippen molar-refractivity contribution in [1.82, 2.24) is 9.29 Å². The summed E-state index contributed by atoms with van der Waals surface area (Å²) in [4.78, 5) is 6.09. The van der Waals surface area contributed by atoms with E-state index in [0.717, 1.165) is 56.5 Å². The summed E-state index contributed by atoms with van der Waals surface area (Å²) in [7, 11) is 0. The number of halogens is 3. The zero-order valence-electron chi connectivity index (χ0n) is 17.4. The van der Waals surface area contributed by atoms with Gasteiger partial charge in [0, 0.05) is 49.3 Å². The molecule has 0 amide bonds. The fraction of sp³-hybridized carbons (Fsp3) is 0.714. The van der Waals surface area contributed by atoms with Gasteiger partial charge in [-0.15, -0.1) is 0 Å². The van der Waals surface area contributed by atoms with E-state index in [0.29, 0.717) is 16.6 Å². The predicted octanol–water partition coefficient (Wildman–Crippen LogP) is 4.01. The first-order valence-corrected chi connectivity index (χ1v) is 11.5. The summed E-state index contributed by atoms with van der Waals surface area (Å²) in [5.74, 6) is 8.15. The minimum absolute atomic E-state index is 0.159. The van der Waals surface area contributed by atoms with Crippen molar-refractivity contribution < 1.29 is 13.2 Å². The summed E-state index contributed by atoms with van der Waals surface area (Å²) < 4.78 is 40.6. The standard InChI is InChI=1S/C21H28F3N5S/c1-18(2)15-11-16(27-25)19(5-6-20(15,18)19)13-30-29-9-7-28(8-10-29)17-4-3-14(12-26-17)21(22,23)24/h3-4,12,15H,5-11,13,25H2,1-2H3/b27-16+. The summed E-state index contributed by atoms with van der Waals surface area (Å²) in [6.07, 6.45) is 0.105. The molecule has 2 heterocycles. The summed E-state index contributed by atoms with van der Waals surface area (Å²) in [6.45, 7) is 8.04. The van der Waals surface area contributed by atoms with E-state index in [-0.39, 0.29) is 5.41 Å². The van der Waals surface area contributed by atoms with Crippen molar-refractivity contribution in [1.29, 1.82) is 0 Å². The van der Waals surface area contributed by atoms with E-state index in [1.807, 2.05) is 11.9 Å². The largest absolute Gasteiger partial charge is 0.417 e. The second-order valence-corrected chi connectivity index (χ2v) is 10.8. The number of alkyl halides is 3. The number of nitrogens with two attached hydrogens (primary N) is 1. The topological polar surface area (TPSA) is 57.8 Å². The highest BCUT2D eigenvalue weighted by Crippen LogP contribution is 2.89. The van der Waals surface area contributed by atoms with E-state index in [1.54, 1.807) is 0 Å². The molecule has 2 N–H and O–H groups in total. The zero-order chi connectivity index (χ0) is 21.4. The highest BCUT2D eigenvalue weighted by molar-refractivity contribution is 7.97.